The highest BCUT2D eigenvalue weighted by atomic mass is 35.5. The number of Topliss-reactive ketones (excluding diaryl/α,β-unsaturated/α-hetero) is 1. The van der Waals surface area contributed by atoms with Gasteiger partial charge in [0.15, 0.2) is 0 Å². The number of carbonyl (C=O) groups excluding carboxylic acids is 2. The van der Waals surface area contributed by atoms with Crippen LogP contribution in [0, 0.1) is 10.1 Å². The van der Waals surface area contributed by atoms with Crippen LogP contribution in [0.15, 0.2) is 71.6 Å². The van der Waals surface area contributed by atoms with Crippen LogP contribution in [0.5, 0.6) is 0 Å². The summed E-state index contributed by atoms with van der Waals surface area (Å²) in [6, 6.07) is 14.3. The van der Waals surface area contributed by atoms with Crippen LogP contribution in [0.2, 0.25) is 5.02 Å². The van der Waals surface area contributed by atoms with Gasteiger partial charge in [-0.3, -0.25) is 24.6 Å². The Morgan fingerprint density at radius 3 is 2.30 bits per heavy atom. The molecule has 7 nitrogen and oxygen atoms in total. The van der Waals surface area contributed by atoms with Crippen LogP contribution in [0.1, 0.15) is 16.5 Å². The SMILES string of the molecule is O=C1C(=O)N(c2ccc(Cl)cc2)C(c2cccs2)/C1=C(/O)c1ccc([N+](=O)[O-])cc1. The fourth-order valence-electron chi connectivity index (χ4n) is 3.31. The number of aliphatic hydroxyl groups is 1. The minimum atomic E-state index is -0.834. The molecule has 3 aromatic rings. The molecule has 2 heterocycles. The second-order valence-corrected chi connectivity index (χ2v) is 7.88. The number of amides is 1. The first-order valence-corrected chi connectivity index (χ1v) is 9.99. The average Bonchev–Trinajstić information content (AvgIpc) is 3.36. The summed E-state index contributed by atoms with van der Waals surface area (Å²) in [5, 5.41) is 24.1. The molecule has 1 amide bonds. The number of nitro groups is 1. The number of hydrogen-bond acceptors (Lipinski definition) is 6. The molecular weight excluding hydrogens is 428 g/mol. The fraction of sp³-hybridized carbons (Fsp3) is 0.0476. The first-order valence-electron chi connectivity index (χ1n) is 8.73. The van der Waals surface area contributed by atoms with Gasteiger partial charge < -0.3 is 5.11 Å². The Hall–Kier alpha value is -3.49. The molecule has 1 aliphatic heterocycles. The van der Waals surface area contributed by atoms with E-state index in [9.17, 15) is 24.8 Å². The lowest BCUT2D eigenvalue weighted by Crippen LogP contribution is -2.29. The Kier molecular flexibility index (Phi) is 5.11. The molecule has 1 aromatic heterocycles. The standard InChI is InChI=1S/C21H13ClN2O5S/c22-13-5-9-14(10-6-13)23-18(16-2-1-11-30-16)17(20(26)21(23)27)19(25)12-3-7-15(8-4-12)24(28)29/h1-11,18,25H/b19-17-. The molecule has 1 saturated heterocycles. The number of halogens is 1. The maximum atomic E-state index is 12.9. The summed E-state index contributed by atoms with van der Waals surface area (Å²) in [6.45, 7) is 0. The Labute approximate surface area is 179 Å². The van der Waals surface area contributed by atoms with Crippen LogP contribution in [0.4, 0.5) is 11.4 Å². The second kappa shape index (κ2) is 7.74. The summed E-state index contributed by atoms with van der Waals surface area (Å²) in [7, 11) is 0. The van der Waals surface area contributed by atoms with Gasteiger partial charge in [0, 0.05) is 33.3 Å². The van der Waals surface area contributed by atoms with Gasteiger partial charge in [0.2, 0.25) is 0 Å². The van der Waals surface area contributed by atoms with Crippen LogP contribution in [0.25, 0.3) is 5.76 Å². The number of benzene rings is 2. The van der Waals surface area contributed by atoms with Crippen LogP contribution in [-0.4, -0.2) is 21.7 Å². The maximum Gasteiger partial charge on any atom is 0.300 e. The molecule has 1 fully saturated rings. The minimum absolute atomic E-state index is 0.0775. The molecule has 2 aromatic carbocycles. The van der Waals surface area contributed by atoms with Crippen molar-refractivity contribution in [2.24, 2.45) is 0 Å². The number of nitrogens with zero attached hydrogens (tertiary/aromatic N) is 2. The summed E-state index contributed by atoms with van der Waals surface area (Å²) in [4.78, 5) is 38.1. The zero-order valence-electron chi connectivity index (χ0n) is 15.2. The predicted octanol–water partition coefficient (Wildman–Crippen LogP) is 4.94. The Balaban J connectivity index is 1.88. The van der Waals surface area contributed by atoms with Crippen molar-refractivity contribution < 1.29 is 19.6 Å². The largest absolute Gasteiger partial charge is 0.507 e. The lowest BCUT2D eigenvalue weighted by Gasteiger charge is -2.24. The maximum absolute atomic E-state index is 12.9. The van der Waals surface area contributed by atoms with Gasteiger partial charge in [0.05, 0.1) is 10.5 Å². The van der Waals surface area contributed by atoms with E-state index in [1.54, 1.807) is 36.4 Å². The molecule has 0 aliphatic carbocycles. The van der Waals surface area contributed by atoms with Crippen molar-refractivity contribution >= 4 is 51.8 Å². The monoisotopic (exact) mass is 440 g/mol. The number of hydrogen-bond donors (Lipinski definition) is 1. The van der Waals surface area contributed by atoms with E-state index in [0.29, 0.717) is 15.6 Å². The molecule has 0 saturated carbocycles. The van der Waals surface area contributed by atoms with Gasteiger partial charge >= 0.3 is 0 Å². The van der Waals surface area contributed by atoms with E-state index < -0.39 is 28.4 Å². The lowest BCUT2D eigenvalue weighted by atomic mass is 9.99. The van der Waals surface area contributed by atoms with Gasteiger partial charge in [0.1, 0.15) is 11.8 Å². The lowest BCUT2D eigenvalue weighted by molar-refractivity contribution is -0.384. The molecular formula is C21H13ClN2O5S. The number of rotatable bonds is 4. The van der Waals surface area contributed by atoms with Crippen LogP contribution in [-0.2, 0) is 9.59 Å². The van der Waals surface area contributed by atoms with Gasteiger partial charge in [-0.15, -0.1) is 11.3 Å². The van der Waals surface area contributed by atoms with Crippen molar-refractivity contribution in [1.82, 2.24) is 0 Å². The first-order chi connectivity index (χ1) is 14.4. The third kappa shape index (κ3) is 3.36. The van der Waals surface area contributed by atoms with Gasteiger partial charge in [-0.2, -0.15) is 0 Å². The number of anilines is 1. The summed E-state index contributed by atoms with van der Waals surface area (Å²) >= 11 is 7.29. The minimum Gasteiger partial charge on any atom is -0.507 e. The van der Waals surface area contributed by atoms with Crippen molar-refractivity contribution in [3.05, 3.63) is 97.2 Å². The van der Waals surface area contributed by atoms with Crippen molar-refractivity contribution in [1.29, 1.82) is 0 Å². The summed E-state index contributed by atoms with van der Waals surface area (Å²) < 4.78 is 0. The van der Waals surface area contributed by atoms with Gasteiger partial charge in [0.25, 0.3) is 17.4 Å². The molecule has 1 N–H and O–H groups in total. The Morgan fingerprint density at radius 2 is 1.73 bits per heavy atom. The van der Waals surface area contributed by atoms with Crippen LogP contribution < -0.4 is 4.90 Å². The van der Waals surface area contributed by atoms with E-state index >= 15 is 0 Å². The van der Waals surface area contributed by atoms with Crippen molar-refractivity contribution in [2.45, 2.75) is 6.04 Å². The smallest absolute Gasteiger partial charge is 0.300 e. The van der Waals surface area contributed by atoms with E-state index in [1.165, 1.54) is 40.5 Å². The normalized spacial score (nSPS) is 18.0. The second-order valence-electron chi connectivity index (χ2n) is 6.46. The van der Waals surface area contributed by atoms with Gasteiger partial charge in [-0.05, 0) is 47.8 Å². The molecule has 1 aliphatic rings. The summed E-state index contributed by atoms with van der Waals surface area (Å²) in [5.41, 5.74) is 0.438. The molecule has 4 rings (SSSR count). The van der Waals surface area contributed by atoms with Crippen LogP contribution >= 0.6 is 22.9 Å². The number of aliphatic hydroxyl groups excluding tert-OH is 1. The number of ketones is 1. The Morgan fingerprint density at radius 1 is 1.07 bits per heavy atom. The highest BCUT2D eigenvalue weighted by Gasteiger charge is 2.47. The molecule has 0 radical (unpaired) electrons. The molecule has 0 spiro atoms. The third-order valence-corrected chi connectivity index (χ3v) is 5.89. The third-order valence-electron chi connectivity index (χ3n) is 4.71. The van der Waals surface area contributed by atoms with Gasteiger partial charge in [-0.1, -0.05) is 17.7 Å². The van der Waals surface area contributed by atoms with E-state index in [0.717, 1.165) is 0 Å². The number of non-ortho nitro benzene ring substituents is 1. The zero-order chi connectivity index (χ0) is 21.4. The molecule has 30 heavy (non-hydrogen) atoms. The highest BCUT2D eigenvalue weighted by Crippen LogP contribution is 2.43. The number of carbonyl (C=O) groups is 2. The molecule has 1 unspecified atom stereocenters. The topological polar surface area (TPSA) is 101 Å². The van der Waals surface area contributed by atoms with E-state index in [1.807, 2.05) is 5.38 Å². The van der Waals surface area contributed by atoms with Crippen molar-refractivity contribution in [3.63, 3.8) is 0 Å². The quantitative estimate of drug-likeness (QED) is 0.204. The Bertz CT molecular complexity index is 1170. The van der Waals surface area contributed by atoms with Gasteiger partial charge in [-0.25, -0.2) is 0 Å². The highest BCUT2D eigenvalue weighted by molar-refractivity contribution is 7.10. The van der Waals surface area contributed by atoms with E-state index in [4.69, 9.17) is 11.6 Å². The fourth-order valence-corrected chi connectivity index (χ4v) is 4.26. The van der Waals surface area contributed by atoms with Crippen molar-refractivity contribution in [2.75, 3.05) is 4.90 Å². The molecule has 0 bridgehead atoms. The summed E-state index contributed by atoms with van der Waals surface area (Å²) in [6.07, 6.45) is 0. The number of nitro benzene ring substituents is 1. The average molecular weight is 441 g/mol. The molecule has 9 heteroatoms. The van der Waals surface area contributed by atoms with Crippen molar-refractivity contribution in [3.8, 4) is 0 Å². The first kappa shape index (κ1) is 19.8. The van der Waals surface area contributed by atoms with E-state index in [-0.39, 0.29) is 16.8 Å². The molecule has 1 atom stereocenters. The van der Waals surface area contributed by atoms with E-state index in [2.05, 4.69) is 0 Å². The number of thiophene rings is 1. The summed E-state index contributed by atoms with van der Waals surface area (Å²) in [5.74, 6) is -2.00. The zero-order valence-corrected chi connectivity index (χ0v) is 16.8. The predicted molar refractivity (Wildman–Crippen MR) is 114 cm³/mol. The molecule has 150 valence electrons. The van der Waals surface area contributed by atoms with Crippen LogP contribution in [0.3, 0.4) is 0 Å².